The van der Waals surface area contributed by atoms with Crippen LogP contribution in [0.5, 0.6) is 17.2 Å². The largest absolute Gasteiger partial charge is 0.524 e. The lowest BCUT2D eigenvalue weighted by Crippen LogP contribution is -2.28. The van der Waals surface area contributed by atoms with Crippen molar-refractivity contribution in [2.45, 2.75) is 11.8 Å². The van der Waals surface area contributed by atoms with E-state index in [0.29, 0.717) is 44.0 Å². The molecule has 0 saturated heterocycles. The van der Waals surface area contributed by atoms with E-state index in [2.05, 4.69) is 0 Å². The number of nitrogens with two attached hydrogens (primary N) is 1. The van der Waals surface area contributed by atoms with Crippen LogP contribution in [-0.4, -0.2) is 62.3 Å². The van der Waals surface area contributed by atoms with Crippen LogP contribution in [0.15, 0.2) is 91.0 Å². The Hall–Kier alpha value is -5.21. The Morgan fingerprint density at radius 3 is 1.55 bits per heavy atom. The average Bonchev–Trinajstić information content (AvgIpc) is 3.74. The second-order valence-corrected chi connectivity index (χ2v) is 16.3. The number of fused-ring (bicyclic) bond motifs is 6. The van der Waals surface area contributed by atoms with Crippen molar-refractivity contribution in [2.75, 3.05) is 34.6 Å². The molecule has 0 spiro atoms. The predicted octanol–water partition coefficient (Wildman–Crippen LogP) is 7.16. The number of benzene rings is 5. The van der Waals surface area contributed by atoms with Gasteiger partial charge in [0.15, 0.2) is 0 Å². The van der Waals surface area contributed by atoms with Gasteiger partial charge in [-0.3, -0.25) is 29.2 Å². The summed E-state index contributed by atoms with van der Waals surface area (Å²) >= 11 is 12.7. The maximum Gasteiger partial charge on any atom is 0.524 e. The molecule has 2 atom stereocenters. The molecule has 3 amide bonds. The van der Waals surface area contributed by atoms with E-state index >= 15 is 0 Å². The Kier molecular flexibility index (Phi) is 11.4. The third-order valence-electron chi connectivity index (χ3n) is 9.67. The van der Waals surface area contributed by atoms with Crippen LogP contribution < -0.4 is 29.3 Å². The lowest BCUT2D eigenvalue weighted by Gasteiger charge is -2.18. The molecule has 0 aromatic heterocycles. The van der Waals surface area contributed by atoms with Crippen molar-refractivity contribution in [3.05, 3.63) is 113 Å². The molecule has 0 saturated carbocycles. The Morgan fingerprint density at radius 2 is 1.12 bits per heavy atom. The van der Waals surface area contributed by atoms with Crippen LogP contribution in [0.4, 0.5) is 16.2 Å². The van der Waals surface area contributed by atoms with Crippen molar-refractivity contribution in [1.82, 2.24) is 0 Å². The standard InChI is InChI=1S/C39H33Cl2N3O12P2/c40-18-24-20-43(30-16-33(55-57(48,49)50)26-5-1-3-7-28(26)37(24)30)35(45)13-10-22-9-11-23(32(15-22)54-39(42)47)12-14-36(46)44-21-25(19-41)38-29-8-4-2-6-27(29)34(17-31(38)44)56-58(51,52)53/h1-17,24-25H,18-21H2,(H2,42,47)(H2,48,49,50)(H2,51,52,53)/t24-,25-/m1/s1. The minimum absolute atomic E-state index is 0.0330. The van der Waals surface area contributed by atoms with Crippen LogP contribution in [0.1, 0.15) is 34.1 Å². The van der Waals surface area contributed by atoms with E-state index < -0.39 is 33.6 Å². The monoisotopic (exact) mass is 867 g/mol. The summed E-state index contributed by atoms with van der Waals surface area (Å²) in [5.74, 6) is -1.54. The quantitative estimate of drug-likeness (QED) is 0.0507. The minimum atomic E-state index is -4.96. The predicted molar refractivity (Wildman–Crippen MR) is 220 cm³/mol. The van der Waals surface area contributed by atoms with Crippen LogP contribution >= 0.6 is 38.8 Å². The molecule has 300 valence electrons. The fourth-order valence-corrected chi connectivity index (χ4v) is 8.72. The Bertz CT molecular complexity index is 2660. The maximum absolute atomic E-state index is 13.7. The summed E-state index contributed by atoms with van der Waals surface area (Å²) in [6.45, 7) is 0.343. The zero-order chi connectivity index (χ0) is 41.5. The molecule has 0 radical (unpaired) electrons. The highest BCUT2D eigenvalue weighted by Crippen LogP contribution is 2.50. The Morgan fingerprint density at radius 1 is 0.672 bits per heavy atom. The van der Waals surface area contributed by atoms with Crippen LogP contribution in [-0.2, 0) is 18.7 Å². The maximum atomic E-state index is 13.7. The first-order valence-electron chi connectivity index (χ1n) is 17.4. The van der Waals surface area contributed by atoms with Crippen molar-refractivity contribution < 1.29 is 56.9 Å². The highest BCUT2D eigenvalue weighted by Gasteiger charge is 2.36. The smallest absolute Gasteiger partial charge is 0.410 e. The second-order valence-electron chi connectivity index (χ2n) is 13.4. The summed E-state index contributed by atoms with van der Waals surface area (Å²) in [5.41, 5.74) is 8.23. The molecule has 7 rings (SSSR count). The van der Waals surface area contributed by atoms with Gasteiger partial charge in [-0.2, -0.15) is 0 Å². The van der Waals surface area contributed by atoms with Crippen molar-refractivity contribution in [2.24, 2.45) is 5.73 Å². The number of nitrogens with zero attached hydrogens (tertiary/aromatic N) is 2. The van der Waals surface area contributed by atoms with Crippen molar-refractivity contribution in [1.29, 1.82) is 0 Å². The first kappa shape index (κ1) is 41.0. The van der Waals surface area contributed by atoms with Crippen molar-refractivity contribution in [3.63, 3.8) is 0 Å². The molecule has 5 aromatic carbocycles. The number of rotatable bonds is 11. The summed E-state index contributed by atoms with van der Waals surface area (Å²) in [6.07, 6.45) is 4.23. The first-order valence-corrected chi connectivity index (χ1v) is 21.5. The van der Waals surface area contributed by atoms with Gasteiger partial charge in [-0.25, -0.2) is 13.9 Å². The number of carbonyl (C=O) groups excluding carboxylic acids is 3. The molecule has 6 N–H and O–H groups in total. The van der Waals surface area contributed by atoms with Gasteiger partial charge >= 0.3 is 21.7 Å². The molecular weight excluding hydrogens is 835 g/mol. The van der Waals surface area contributed by atoms with E-state index in [9.17, 15) is 43.1 Å². The lowest BCUT2D eigenvalue weighted by molar-refractivity contribution is -0.114. The van der Waals surface area contributed by atoms with Crippen molar-refractivity contribution >= 4 is 102 Å². The van der Waals surface area contributed by atoms with Crippen LogP contribution in [0.2, 0.25) is 0 Å². The molecule has 19 heteroatoms. The molecule has 58 heavy (non-hydrogen) atoms. The summed E-state index contributed by atoms with van der Waals surface area (Å²) < 4.78 is 38.9. The number of amides is 3. The van der Waals surface area contributed by atoms with E-state index in [1.165, 1.54) is 58.4 Å². The number of alkyl halides is 2. The van der Waals surface area contributed by atoms with Gasteiger partial charge in [-0.1, -0.05) is 60.7 Å². The van der Waals surface area contributed by atoms with Gasteiger partial charge < -0.3 is 29.3 Å². The fraction of sp³-hybridized carbons (Fsp3) is 0.154. The molecular formula is C39H33Cl2N3O12P2. The summed E-state index contributed by atoms with van der Waals surface area (Å²) in [5, 5.41) is 2.13. The number of phosphoric acid groups is 2. The zero-order valence-electron chi connectivity index (χ0n) is 30.0. The summed E-state index contributed by atoms with van der Waals surface area (Å²) in [4.78, 5) is 80.5. The van der Waals surface area contributed by atoms with E-state index in [4.69, 9.17) is 42.7 Å². The highest BCUT2D eigenvalue weighted by molar-refractivity contribution is 7.47. The number of anilines is 2. The topological polar surface area (TPSA) is 226 Å². The molecule has 0 bridgehead atoms. The summed E-state index contributed by atoms with van der Waals surface area (Å²) in [6, 6.07) is 21.1. The van der Waals surface area contributed by atoms with E-state index in [-0.39, 0.29) is 59.5 Å². The van der Waals surface area contributed by atoms with Crippen LogP contribution in [0.25, 0.3) is 33.7 Å². The van der Waals surface area contributed by atoms with Gasteiger partial charge in [-0.15, -0.1) is 23.2 Å². The number of phosphoric ester groups is 2. The minimum Gasteiger partial charge on any atom is -0.410 e. The van der Waals surface area contributed by atoms with Crippen molar-refractivity contribution in [3.8, 4) is 17.2 Å². The number of hydrogen-bond donors (Lipinski definition) is 5. The molecule has 2 aliphatic rings. The van der Waals surface area contributed by atoms with Gasteiger partial charge in [0.2, 0.25) is 0 Å². The van der Waals surface area contributed by atoms with Gasteiger partial charge in [0, 0.05) is 77.3 Å². The van der Waals surface area contributed by atoms with E-state index in [1.54, 1.807) is 54.6 Å². The molecule has 0 fully saturated rings. The molecule has 2 heterocycles. The number of ether oxygens (including phenoxy) is 1. The zero-order valence-corrected chi connectivity index (χ0v) is 33.3. The third-order valence-corrected chi connectivity index (χ3v) is 11.3. The number of carbonyl (C=O) groups is 3. The van der Waals surface area contributed by atoms with Gasteiger partial charge in [-0.05, 0) is 45.7 Å². The molecule has 0 aliphatic carbocycles. The first-order chi connectivity index (χ1) is 27.5. The lowest BCUT2D eigenvalue weighted by atomic mass is 9.95. The number of primary amides is 1. The molecule has 2 aliphatic heterocycles. The van der Waals surface area contributed by atoms with Crippen LogP contribution in [0, 0.1) is 0 Å². The van der Waals surface area contributed by atoms with Crippen LogP contribution in [0.3, 0.4) is 0 Å². The molecule has 5 aromatic rings. The molecule has 0 unspecified atom stereocenters. The van der Waals surface area contributed by atoms with Gasteiger partial charge in [0.05, 0.1) is 11.4 Å². The summed E-state index contributed by atoms with van der Waals surface area (Å²) in [7, 11) is -9.91. The highest BCUT2D eigenvalue weighted by atomic mass is 35.5. The number of halogens is 2. The third kappa shape index (κ3) is 8.49. The normalized spacial score (nSPS) is 16.7. The SMILES string of the molecule is NC(=O)Oc1cc(C=CC(=O)N2C[C@@H](CCl)c3c2cc(OP(=O)(O)O)c2ccccc32)ccc1C=CC(=O)N1C[C@@H](CCl)c2c1cc(OP(=O)(O)O)c1ccccc21. The fourth-order valence-electron chi connectivity index (χ4n) is 7.40. The number of hydrogen-bond acceptors (Lipinski definition) is 8. The second kappa shape index (κ2) is 16.2. The Labute approximate surface area is 340 Å². The molecule has 15 nitrogen and oxygen atoms in total. The van der Waals surface area contributed by atoms with Gasteiger partial charge in [0.1, 0.15) is 17.2 Å². The van der Waals surface area contributed by atoms with E-state index in [1.807, 2.05) is 0 Å². The van der Waals surface area contributed by atoms with E-state index in [0.717, 1.165) is 5.56 Å². The Balaban J connectivity index is 1.16. The van der Waals surface area contributed by atoms with Gasteiger partial charge in [0.25, 0.3) is 11.8 Å². The average molecular weight is 869 g/mol.